The number of aliphatic hydroxyl groups is 1. The van der Waals surface area contributed by atoms with Crippen LogP contribution in [0.25, 0.3) is 0 Å². The Kier molecular flexibility index (Phi) is 4.81. The molecule has 0 spiro atoms. The van der Waals surface area contributed by atoms with Gasteiger partial charge in [-0.2, -0.15) is 0 Å². The molecule has 126 valence electrons. The van der Waals surface area contributed by atoms with Crippen LogP contribution in [0, 0.1) is 5.82 Å². The Morgan fingerprint density at radius 1 is 1.29 bits per heavy atom. The van der Waals surface area contributed by atoms with Crippen LogP contribution in [-0.2, 0) is 4.79 Å². The average molecular weight is 329 g/mol. The molecule has 5 heteroatoms. The maximum absolute atomic E-state index is 13.5. The Hall–Kier alpha value is -2.40. The SMILES string of the molecule is COc1cccc(C(O)C(=O)N2CCCC2c2cccc(F)c2)c1. The third-order valence-corrected chi connectivity index (χ3v) is 4.41. The number of amides is 1. The standard InChI is InChI=1S/C19H20FNO3/c1-24-16-8-3-6-14(12-16)18(22)19(23)21-10-4-9-17(21)13-5-2-7-15(20)11-13/h2-3,5-8,11-12,17-18,22H,4,9-10H2,1H3. The number of nitrogens with zero attached hydrogens (tertiary/aromatic N) is 1. The summed E-state index contributed by atoms with van der Waals surface area (Å²) in [5, 5.41) is 10.5. The molecule has 24 heavy (non-hydrogen) atoms. The van der Waals surface area contributed by atoms with Crippen molar-refractivity contribution in [1.29, 1.82) is 0 Å². The summed E-state index contributed by atoms with van der Waals surface area (Å²) in [7, 11) is 1.54. The van der Waals surface area contributed by atoms with Gasteiger partial charge in [-0.3, -0.25) is 4.79 Å². The minimum atomic E-state index is -1.26. The van der Waals surface area contributed by atoms with Crippen molar-refractivity contribution < 1.29 is 19.0 Å². The highest BCUT2D eigenvalue weighted by Gasteiger charge is 2.34. The third kappa shape index (κ3) is 3.26. The fourth-order valence-corrected chi connectivity index (χ4v) is 3.20. The van der Waals surface area contributed by atoms with Gasteiger partial charge in [0.1, 0.15) is 11.6 Å². The number of halogens is 1. The molecule has 1 saturated heterocycles. The number of aliphatic hydroxyl groups excluding tert-OH is 1. The minimum absolute atomic E-state index is 0.201. The zero-order valence-corrected chi connectivity index (χ0v) is 13.5. The van der Waals surface area contributed by atoms with Crippen molar-refractivity contribution in [3.63, 3.8) is 0 Å². The van der Waals surface area contributed by atoms with E-state index in [-0.39, 0.29) is 17.8 Å². The highest BCUT2D eigenvalue weighted by atomic mass is 19.1. The predicted octanol–water partition coefficient (Wildman–Crippen LogP) is 3.23. The molecule has 1 aliphatic rings. The lowest BCUT2D eigenvalue weighted by molar-refractivity contribution is -0.141. The van der Waals surface area contributed by atoms with E-state index in [4.69, 9.17) is 4.74 Å². The van der Waals surface area contributed by atoms with Gasteiger partial charge in [0.2, 0.25) is 0 Å². The first kappa shape index (κ1) is 16.5. The zero-order chi connectivity index (χ0) is 17.1. The molecule has 1 amide bonds. The van der Waals surface area contributed by atoms with Gasteiger partial charge < -0.3 is 14.7 Å². The van der Waals surface area contributed by atoms with Crippen LogP contribution in [0.1, 0.15) is 36.1 Å². The molecule has 1 heterocycles. The van der Waals surface area contributed by atoms with Crippen LogP contribution < -0.4 is 4.74 Å². The topological polar surface area (TPSA) is 49.8 Å². The summed E-state index contributed by atoms with van der Waals surface area (Å²) >= 11 is 0. The van der Waals surface area contributed by atoms with E-state index in [1.54, 1.807) is 35.2 Å². The molecule has 2 aromatic carbocycles. The van der Waals surface area contributed by atoms with E-state index in [1.807, 2.05) is 6.07 Å². The van der Waals surface area contributed by atoms with Gasteiger partial charge in [0.25, 0.3) is 5.91 Å². The summed E-state index contributed by atoms with van der Waals surface area (Å²) in [5.41, 5.74) is 1.25. The van der Waals surface area contributed by atoms with Gasteiger partial charge in [0, 0.05) is 6.54 Å². The van der Waals surface area contributed by atoms with Crippen LogP contribution in [0.2, 0.25) is 0 Å². The van der Waals surface area contributed by atoms with Crippen molar-refractivity contribution in [3.05, 3.63) is 65.5 Å². The first-order valence-corrected chi connectivity index (χ1v) is 7.98. The lowest BCUT2D eigenvalue weighted by Gasteiger charge is -2.27. The first-order chi connectivity index (χ1) is 11.6. The average Bonchev–Trinajstić information content (AvgIpc) is 3.10. The Labute approximate surface area is 140 Å². The summed E-state index contributed by atoms with van der Waals surface area (Å²) in [6, 6.07) is 12.9. The van der Waals surface area contributed by atoms with E-state index >= 15 is 0 Å². The van der Waals surface area contributed by atoms with Crippen molar-refractivity contribution in [2.75, 3.05) is 13.7 Å². The van der Waals surface area contributed by atoms with Crippen LogP contribution in [0.5, 0.6) is 5.75 Å². The molecular formula is C19H20FNO3. The molecule has 1 N–H and O–H groups in total. The van der Waals surface area contributed by atoms with Gasteiger partial charge in [0.15, 0.2) is 6.10 Å². The zero-order valence-electron chi connectivity index (χ0n) is 13.5. The maximum atomic E-state index is 13.5. The number of methoxy groups -OCH3 is 1. The molecule has 1 fully saturated rings. The number of hydrogen-bond acceptors (Lipinski definition) is 3. The minimum Gasteiger partial charge on any atom is -0.497 e. The smallest absolute Gasteiger partial charge is 0.256 e. The number of carbonyl (C=O) groups excluding carboxylic acids is 1. The number of ether oxygens (including phenoxy) is 1. The van der Waals surface area contributed by atoms with Crippen molar-refractivity contribution in [1.82, 2.24) is 4.90 Å². The molecule has 0 aliphatic carbocycles. The van der Waals surface area contributed by atoms with E-state index in [0.29, 0.717) is 17.9 Å². The Morgan fingerprint density at radius 2 is 2.08 bits per heavy atom. The summed E-state index contributed by atoms with van der Waals surface area (Å²) in [5.74, 6) is -0.0994. The number of likely N-dealkylation sites (tertiary alicyclic amines) is 1. The maximum Gasteiger partial charge on any atom is 0.256 e. The summed E-state index contributed by atoms with van der Waals surface area (Å²) in [4.78, 5) is 14.4. The second-order valence-electron chi connectivity index (χ2n) is 5.92. The first-order valence-electron chi connectivity index (χ1n) is 7.98. The molecule has 0 radical (unpaired) electrons. The van der Waals surface area contributed by atoms with Gasteiger partial charge in [-0.15, -0.1) is 0 Å². The Bertz CT molecular complexity index is 734. The normalized spacial score (nSPS) is 18.5. The molecule has 4 nitrogen and oxygen atoms in total. The summed E-state index contributed by atoms with van der Waals surface area (Å²) < 4.78 is 18.6. The predicted molar refractivity (Wildman–Crippen MR) is 88.0 cm³/mol. The van der Waals surface area contributed by atoms with E-state index < -0.39 is 6.10 Å². The monoisotopic (exact) mass is 329 g/mol. The lowest BCUT2D eigenvalue weighted by Crippen LogP contribution is -2.34. The number of rotatable bonds is 4. The fourth-order valence-electron chi connectivity index (χ4n) is 3.20. The van der Waals surface area contributed by atoms with Crippen LogP contribution in [0.15, 0.2) is 48.5 Å². The molecule has 0 bridgehead atoms. The molecule has 2 aromatic rings. The van der Waals surface area contributed by atoms with E-state index in [2.05, 4.69) is 0 Å². The molecule has 2 unspecified atom stereocenters. The van der Waals surface area contributed by atoms with Crippen molar-refractivity contribution in [3.8, 4) is 5.75 Å². The Morgan fingerprint density at radius 3 is 2.83 bits per heavy atom. The van der Waals surface area contributed by atoms with Gasteiger partial charge in [-0.1, -0.05) is 24.3 Å². The highest BCUT2D eigenvalue weighted by Crippen LogP contribution is 2.34. The van der Waals surface area contributed by atoms with Crippen LogP contribution >= 0.6 is 0 Å². The van der Waals surface area contributed by atoms with E-state index in [9.17, 15) is 14.3 Å². The number of benzene rings is 2. The van der Waals surface area contributed by atoms with Crippen molar-refractivity contribution in [2.45, 2.75) is 25.0 Å². The number of hydrogen-bond donors (Lipinski definition) is 1. The number of carbonyl (C=O) groups is 1. The molecular weight excluding hydrogens is 309 g/mol. The Balaban J connectivity index is 1.82. The molecule has 0 aromatic heterocycles. The lowest BCUT2D eigenvalue weighted by atomic mass is 10.0. The molecule has 3 rings (SSSR count). The summed E-state index contributed by atoms with van der Waals surface area (Å²) in [6.07, 6.45) is 0.340. The third-order valence-electron chi connectivity index (χ3n) is 4.41. The molecule has 2 atom stereocenters. The largest absolute Gasteiger partial charge is 0.497 e. The highest BCUT2D eigenvalue weighted by molar-refractivity contribution is 5.83. The van der Waals surface area contributed by atoms with E-state index in [0.717, 1.165) is 18.4 Å². The van der Waals surface area contributed by atoms with Gasteiger partial charge in [-0.25, -0.2) is 4.39 Å². The van der Waals surface area contributed by atoms with Crippen molar-refractivity contribution >= 4 is 5.91 Å². The van der Waals surface area contributed by atoms with Crippen molar-refractivity contribution in [2.24, 2.45) is 0 Å². The second-order valence-corrected chi connectivity index (χ2v) is 5.92. The van der Waals surface area contributed by atoms with E-state index in [1.165, 1.54) is 19.2 Å². The summed E-state index contributed by atoms with van der Waals surface area (Å²) in [6.45, 7) is 0.557. The quantitative estimate of drug-likeness (QED) is 0.937. The van der Waals surface area contributed by atoms with Gasteiger partial charge in [0.05, 0.1) is 13.2 Å². The molecule has 1 aliphatic heterocycles. The second kappa shape index (κ2) is 7.01. The van der Waals surface area contributed by atoms with Gasteiger partial charge >= 0.3 is 0 Å². The van der Waals surface area contributed by atoms with Crippen LogP contribution in [-0.4, -0.2) is 29.6 Å². The fraction of sp³-hybridized carbons (Fsp3) is 0.316. The van der Waals surface area contributed by atoms with Gasteiger partial charge in [-0.05, 0) is 48.2 Å². The molecule has 0 saturated carbocycles. The van der Waals surface area contributed by atoms with Crippen LogP contribution in [0.4, 0.5) is 4.39 Å². The van der Waals surface area contributed by atoms with Crippen LogP contribution in [0.3, 0.4) is 0 Å².